The van der Waals surface area contributed by atoms with Crippen LogP contribution in [0, 0.1) is 17.8 Å². The van der Waals surface area contributed by atoms with Gasteiger partial charge in [0.05, 0.1) is 0 Å². The van der Waals surface area contributed by atoms with Crippen molar-refractivity contribution in [3.63, 3.8) is 0 Å². The van der Waals surface area contributed by atoms with Crippen LogP contribution < -0.4 is 0 Å². The summed E-state index contributed by atoms with van der Waals surface area (Å²) in [7, 11) is 0. The van der Waals surface area contributed by atoms with Crippen molar-refractivity contribution in [2.45, 2.75) is 19.8 Å². The molecule has 1 fully saturated rings. The summed E-state index contributed by atoms with van der Waals surface area (Å²) in [4.78, 5) is 2.42. The number of rotatable bonds is 1. The molecule has 2 nitrogen and oxygen atoms in total. The fourth-order valence-electron chi connectivity index (χ4n) is 1.65. The zero-order valence-electron chi connectivity index (χ0n) is 7.71. The molecule has 0 saturated carbocycles. The minimum absolute atomic E-state index is 0.00260. The van der Waals surface area contributed by atoms with E-state index >= 15 is 0 Å². The maximum atomic E-state index is 8.53. The highest BCUT2D eigenvalue weighted by Gasteiger charge is 2.15. The molecule has 0 spiro atoms. The van der Waals surface area contributed by atoms with Gasteiger partial charge in [-0.2, -0.15) is 0 Å². The van der Waals surface area contributed by atoms with Gasteiger partial charge in [0.25, 0.3) is 0 Å². The van der Waals surface area contributed by atoms with Crippen molar-refractivity contribution in [2.75, 3.05) is 26.2 Å². The van der Waals surface area contributed by atoms with E-state index in [0.29, 0.717) is 5.92 Å². The van der Waals surface area contributed by atoms with Crippen LogP contribution in [0.15, 0.2) is 0 Å². The fraction of sp³-hybridized carbons (Fsp3) is 0.800. The first-order chi connectivity index (χ1) is 5.86. The molecule has 0 radical (unpaired) electrons. The number of hydrogen-bond donors (Lipinski definition) is 1. The molecule has 2 heteroatoms. The lowest BCUT2D eigenvalue weighted by Gasteiger charge is -2.28. The lowest BCUT2D eigenvalue weighted by molar-refractivity contribution is 0.210. The number of aliphatic hydroxyl groups excluding tert-OH is 1. The van der Waals surface area contributed by atoms with E-state index in [1.54, 1.807) is 0 Å². The van der Waals surface area contributed by atoms with Gasteiger partial charge in [0.2, 0.25) is 0 Å². The van der Waals surface area contributed by atoms with Crippen LogP contribution >= 0.6 is 0 Å². The highest BCUT2D eigenvalue weighted by atomic mass is 16.2. The average Bonchev–Trinajstić information content (AvgIpc) is 2.15. The number of hydrogen-bond acceptors (Lipinski definition) is 2. The van der Waals surface area contributed by atoms with Crippen LogP contribution in [0.3, 0.4) is 0 Å². The van der Waals surface area contributed by atoms with Gasteiger partial charge in [-0.3, -0.25) is 0 Å². The summed E-state index contributed by atoms with van der Waals surface area (Å²) >= 11 is 0. The Hall–Kier alpha value is -0.520. The molecule has 1 N–H and O–H groups in total. The highest BCUT2D eigenvalue weighted by Crippen LogP contribution is 2.14. The maximum absolute atomic E-state index is 8.53. The van der Waals surface area contributed by atoms with Crippen molar-refractivity contribution in [1.82, 2.24) is 4.90 Å². The zero-order chi connectivity index (χ0) is 8.81. The molecule has 1 aliphatic rings. The van der Waals surface area contributed by atoms with Crippen molar-refractivity contribution in [2.24, 2.45) is 5.92 Å². The van der Waals surface area contributed by atoms with E-state index in [1.807, 2.05) is 0 Å². The SMILES string of the molecule is CCN1CCCC(C#CCO)C1. The highest BCUT2D eigenvalue weighted by molar-refractivity contribution is 5.05. The molecule has 1 rings (SSSR count). The van der Waals surface area contributed by atoms with Crippen LogP contribution in [-0.4, -0.2) is 36.2 Å². The minimum atomic E-state index is 0.00260. The van der Waals surface area contributed by atoms with Crippen LogP contribution in [0.25, 0.3) is 0 Å². The molecular weight excluding hydrogens is 150 g/mol. The molecule has 1 unspecified atom stereocenters. The predicted octanol–water partition coefficient (Wildman–Crippen LogP) is 0.714. The second kappa shape index (κ2) is 5.18. The molecule has 1 heterocycles. The van der Waals surface area contributed by atoms with E-state index in [0.717, 1.165) is 13.1 Å². The van der Waals surface area contributed by atoms with E-state index in [2.05, 4.69) is 23.7 Å². The lowest BCUT2D eigenvalue weighted by Crippen LogP contribution is -2.34. The van der Waals surface area contributed by atoms with E-state index in [4.69, 9.17) is 5.11 Å². The topological polar surface area (TPSA) is 23.5 Å². The zero-order valence-corrected chi connectivity index (χ0v) is 7.71. The van der Waals surface area contributed by atoms with Gasteiger partial charge < -0.3 is 10.0 Å². The summed E-state index contributed by atoms with van der Waals surface area (Å²) in [5, 5.41) is 8.53. The quantitative estimate of drug-likeness (QED) is 0.581. The number of likely N-dealkylation sites (tertiary alicyclic amines) is 1. The van der Waals surface area contributed by atoms with Gasteiger partial charge in [0.1, 0.15) is 6.61 Å². The Morgan fingerprint density at radius 2 is 2.42 bits per heavy atom. The average molecular weight is 167 g/mol. The van der Waals surface area contributed by atoms with Gasteiger partial charge in [-0.05, 0) is 25.9 Å². The van der Waals surface area contributed by atoms with E-state index in [-0.39, 0.29) is 6.61 Å². The third kappa shape index (κ3) is 2.84. The van der Waals surface area contributed by atoms with Gasteiger partial charge in [-0.15, -0.1) is 0 Å². The van der Waals surface area contributed by atoms with Gasteiger partial charge in [0.15, 0.2) is 0 Å². The molecule has 1 aliphatic heterocycles. The van der Waals surface area contributed by atoms with Crippen LogP contribution in [0.1, 0.15) is 19.8 Å². The maximum Gasteiger partial charge on any atom is 0.104 e. The number of nitrogens with zero attached hydrogens (tertiary/aromatic N) is 1. The van der Waals surface area contributed by atoms with Crippen LogP contribution in [-0.2, 0) is 0 Å². The first-order valence-electron chi connectivity index (χ1n) is 4.68. The fourth-order valence-corrected chi connectivity index (χ4v) is 1.65. The van der Waals surface area contributed by atoms with Crippen LogP contribution in [0.4, 0.5) is 0 Å². The molecule has 0 aromatic heterocycles. The summed E-state index contributed by atoms with van der Waals surface area (Å²) in [6.45, 7) is 5.61. The van der Waals surface area contributed by atoms with Gasteiger partial charge in [0, 0.05) is 12.5 Å². The minimum Gasteiger partial charge on any atom is -0.384 e. The summed E-state index contributed by atoms with van der Waals surface area (Å²) < 4.78 is 0. The normalized spacial score (nSPS) is 24.7. The summed E-state index contributed by atoms with van der Waals surface area (Å²) in [6.07, 6.45) is 2.45. The molecule has 0 aliphatic carbocycles. The summed E-state index contributed by atoms with van der Waals surface area (Å²) in [6, 6.07) is 0. The van der Waals surface area contributed by atoms with E-state index in [9.17, 15) is 0 Å². The molecule has 12 heavy (non-hydrogen) atoms. The van der Waals surface area contributed by atoms with Crippen molar-refractivity contribution >= 4 is 0 Å². The van der Waals surface area contributed by atoms with Gasteiger partial charge >= 0.3 is 0 Å². The van der Waals surface area contributed by atoms with Crippen molar-refractivity contribution in [3.8, 4) is 11.8 Å². The van der Waals surface area contributed by atoms with Crippen LogP contribution in [0.5, 0.6) is 0 Å². The van der Waals surface area contributed by atoms with Crippen LogP contribution in [0.2, 0.25) is 0 Å². The monoisotopic (exact) mass is 167 g/mol. The van der Waals surface area contributed by atoms with E-state index < -0.39 is 0 Å². The third-order valence-corrected chi connectivity index (χ3v) is 2.34. The standard InChI is InChI=1S/C10H17NO/c1-2-11-7-3-5-10(9-11)6-4-8-12/h10,12H,2-3,5,7-9H2,1H3. The second-order valence-electron chi connectivity index (χ2n) is 3.21. The third-order valence-electron chi connectivity index (χ3n) is 2.34. The molecular formula is C10H17NO. The molecule has 0 aromatic carbocycles. The predicted molar refractivity (Wildman–Crippen MR) is 49.7 cm³/mol. The Labute approximate surface area is 74.6 Å². The Balaban J connectivity index is 2.35. The number of aliphatic hydroxyl groups is 1. The first-order valence-corrected chi connectivity index (χ1v) is 4.68. The summed E-state index contributed by atoms with van der Waals surface area (Å²) in [5.41, 5.74) is 0. The number of piperidine rings is 1. The Morgan fingerprint density at radius 1 is 1.58 bits per heavy atom. The Morgan fingerprint density at radius 3 is 3.08 bits per heavy atom. The van der Waals surface area contributed by atoms with Crippen molar-refractivity contribution in [3.05, 3.63) is 0 Å². The molecule has 0 aromatic rings. The van der Waals surface area contributed by atoms with Gasteiger partial charge in [-0.25, -0.2) is 0 Å². The summed E-state index contributed by atoms with van der Waals surface area (Å²) in [5.74, 6) is 6.33. The molecule has 68 valence electrons. The first kappa shape index (κ1) is 9.57. The largest absolute Gasteiger partial charge is 0.384 e. The molecule has 0 bridgehead atoms. The second-order valence-corrected chi connectivity index (χ2v) is 3.21. The van der Waals surface area contributed by atoms with Crippen molar-refractivity contribution in [1.29, 1.82) is 0 Å². The Kier molecular flexibility index (Phi) is 4.13. The molecule has 0 amide bonds. The molecule has 1 saturated heterocycles. The smallest absolute Gasteiger partial charge is 0.104 e. The Bertz CT molecular complexity index is 180. The molecule has 1 atom stereocenters. The lowest BCUT2D eigenvalue weighted by atomic mass is 9.99. The van der Waals surface area contributed by atoms with Gasteiger partial charge in [-0.1, -0.05) is 18.8 Å². The van der Waals surface area contributed by atoms with E-state index in [1.165, 1.54) is 19.4 Å². The van der Waals surface area contributed by atoms with Crippen molar-refractivity contribution < 1.29 is 5.11 Å².